The summed E-state index contributed by atoms with van der Waals surface area (Å²) < 4.78 is 0. The van der Waals surface area contributed by atoms with Crippen LogP contribution in [-0.2, 0) is 11.2 Å². The van der Waals surface area contributed by atoms with Crippen molar-refractivity contribution < 1.29 is 14.7 Å². The Morgan fingerprint density at radius 2 is 1.85 bits per heavy atom. The molecule has 1 aromatic heterocycles. The van der Waals surface area contributed by atoms with Crippen molar-refractivity contribution in [2.45, 2.75) is 27.2 Å². The fourth-order valence-electron chi connectivity index (χ4n) is 3.35. The van der Waals surface area contributed by atoms with Gasteiger partial charge in [0.15, 0.2) is 0 Å². The zero-order valence-corrected chi connectivity index (χ0v) is 15.8. The molecule has 140 valence electrons. The predicted octanol–water partition coefficient (Wildman–Crippen LogP) is 3.77. The molecule has 3 rings (SSSR count). The number of benzene rings is 2. The Kier molecular flexibility index (Phi) is 5.31. The van der Waals surface area contributed by atoms with Gasteiger partial charge in [-0.2, -0.15) is 0 Å². The van der Waals surface area contributed by atoms with E-state index in [2.05, 4.69) is 10.3 Å². The monoisotopic (exact) mass is 364 g/mol. The summed E-state index contributed by atoms with van der Waals surface area (Å²) in [5.74, 6) is -1.86. The molecule has 5 nitrogen and oxygen atoms in total. The molecule has 5 heteroatoms. The Morgan fingerprint density at radius 1 is 1.11 bits per heavy atom. The van der Waals surface area contributed by atoms with Crippen LogP contribution in [-0.4, -0.2) is 28.5 Å². The molecular weight excluding hydrogens is 340 g/mol. The van der Waals surface area contributed by atoms with Gasteiger partial charge in [0.1, 0.15) is 0 Å². The molecular formula is C22H24N2O3. The van der Waals surface area contributed by atoms with Crippen molar-refractivity contribution in [1.29, 1.82) is 0 Å². The van der Waals surface area contributed by atoms with Crippen molar-refractivity contribution in [2.24, 2.45) is 5.92 Å². The minimum absolute atomic E-state index is 0.0805. The molecule has 0 fully saturated rings. The van der Waals surface area contributed by atoms with E-state index in [-0.39, 0.29) is 12.5 Å². The number of H-pyrrole nitrogens is 1. The van der Waals surface area contributed by atoms with Gasteiger partial charge in [0.25, 0.3) is 5.91 Å². The maximum atomic E-state index is 12.7. The van der Waals surface area contributed by atoms with Crippen LogP contribution in [0.1, 0.15) is 32.7 Å². The van der Waals surface area contributed by atoms with Crippen LogP contribution < -0.4 is 5.32 Å². The zero-order valence-electron chi connectivity index (χ0n) is 15.8. The van der Waals surface area contributed by atoms with Crippen molar-refractivity contribution in [2.75, 3.05) is 6.54 Å². The van der Waals surface area contributed by atoms with Crippen molar-refractivity contribution >= 4 is 22.8 Å². The highest BCUT2D eigenvalue weighted by Gasteiger charge is 2.21. The number of amides is 1. The number of carbonyl (C=O) groups excluding carboxylic acids is 1. The van der Waals surface area contributed by atoms with Gasteiger partial charge in [-0.15, -0.1) is 0 Å². The maximum absolute atomic E-state index is 12.7. The number of para-hydroxylation sites is 1. The maximum Gasteiger partial charge on any atom is 0.308 e. The Hall–Kier alpha value is -3.08. The van der Waals surface area contributed by atoms with Crippen LogP contribution in [0.3, 0.4) is 0 Å². The Morgan fingerprint density at radius 3 is 2.56 bits per heavy atom. The minimum atomic E-state index is -0.915. The van der Waals surface area contributed by atoms with Crippen LogP contribution in [0.2, 0.25) is 0 Å². The molecule has 0 saturated carbocycles. The second-order valence-electron chi connectivity index (χ2n) is 7.04. The summed E-state index contributed by atoms with van der Waals surface area (Å²) in [6.45, 7) is 6.04. The van der Waals surface area contributed by atoms with Gasteiger partial charge < -0.3 is 15.4 Å². The summed E-state index contributed by atoms with van der Waals surface area (Å²) in [5.41, 5.74) is 5.49. The topological polar surface area (TPSA) is 82.2 Å². The van der Waals surface area contributed by atoms with E-state index >= 15 is 0 Å². The number of aliphatic carboxylic acids is 1. The van der Waals surface area contributed by atoms with E-state index in [9.17, 15) is 14.7 Å². The molecule has 0 aliphatic carbocycles. The molecule has 27 heavy (non-hydrogen) atoms. The summed E-state index contributed by atoms with van der Waals surface area (Å²) in [6.07, 6.45) is 0.377. The van der Waals surface area contributed by atoms with Crippen LogP contribution in [0.4, 0.5) is 0 Å². The lowest BCUT2D eigenvalue weighted by molar-refractivity contribution is -0.141. The van der Waals surface area contributed by atoms with Gasteiger partial charge in [0.2, 0.25) is 0 Å². The predicted molar refractivity (Wildman–Crippen MR) is 106 cm³/mol. The average Bonchev–Trinajstić information content (AvgIpc) is 2.92. The summed E-state index contributed by atoms with van der Waals surface area (Å²) in [7, 11) is 0. The van der Waals surface area contributed by atoms with E-state index in [1.54, 1.807) is 6.07 Å². The number of aromatic amines is 1. The molecule has 1 atom stereocenters. The molecule has 0 bridgehead atoms. The highest BCUT2D eigenvalue weighted by atomic mass is 16.4. The number of hydrogen-bond acceptors (Lipinski definition) is 2. The number of carboxylic acid groups (broad SMARTS) is 1. The summed E-state index contributed by atoms with van der Waals surface area (Å²) in [6, 6.07) is 13.4. The van der Waals surface area contributed by atoms with Crippen LogP contribution in [0.15, 0.2) is 42.5 Å². The Balaban J connectivity index is 1.75. The molecule has 1 amide bonds. The van der Waals surface area contributed by atoms with E-state index in [4.69, 9.17) is 0 Å². The largest absolute Gasteiger partial charge is 0.481 e. The molecule has 0 unspecified atom stereocenters. The van der Waals surface area contributed by atoms with E-state index in [0.717, 1.165) is 33.3 Å². The number of rotatable bonds is 6. The Labute approximate surface area is 158 Å². The number of carbonyl (C=O) groups is 2. The van der Waals surface area contributed by atoms with Crippen LogP contribution in [0.25, 0.3) is 10.9 Å². The first kappa shape index (κ1) is 18.7. The van der Waals surface area contributed by atoms with Gasteiger partial charge in [0.05, 0.1) is 17.0 Å². The van der Waals surface area contributed by atoms with E-state index in [1.807, 2.05) is 57.2 Å². The number of nitrogens with one attached hydrogen (secondary N) is 2. The first-order valence-electron chi connectivity index (χ1n) is 9.01. The van der Waals surface area contributed by atoms with Crippen molar-refractivity contribution in [1.82, 2.24) is 10.3 Å². The second-order valence-corrected chi connectivity index (χ2v) is 7.04. The SMILES string of the molecule is Cc1cccc(C[C@H](CNC(=O)c2cccc3c(C)c(C)[nH]c23)C(=O)O)c1. The highest BCUT2D eigenvalue weighted by molar-refractivity contribution is 6.06. The minimum Gasteiger partial charge on any atom is -0.481 e. The zero-order chi connectivity index (χ0) is 19.6. The van der Waals surface area contributed by atoms with Gasteiger partial charge in [-0.25, -0.2) is 0 Å². The number of aryl methyl sites for hydroxylation is 3. The van der Waals surface area contributed by atoms with E-state index in [0.29, 0.717) is 12.0 Å². The second kappa shape index (κ2) is 7.66. The average molecular weight is 364 g/mol. The molecule has 0 aliphatic heterocycles. The molecule has 0 spiro atoms. The fraction of sp³-hybridized carbons (Fsp3) is 0.273. The lowest BCUT2D eigenvalue weighted by Crippen LogP contribution is -2.34. The van der Waals surface area contributed by atoms with Gasteiger partial charge in [-0.05, 0) is 44.4 Å². The molecule has 3 N–H and O–H groups in total. The number of carboxylic acids is 1. The number of fused-ring (bicyclic) bond motifs is 1. The third-order valence-electron chi connectivity index (χ3n) is 5.01. The van der Waals surface area contributed by atoms with Crippen LogP contribution in [0, 0.1) is 26.7 Å². The smallest absolute Gasteiger partial charge is 0.308 e. The van der Waals surface area contributed by atoms with Crippen molar-refractivity contribution in [3.05, 3.63) is 70.4 Å². The van der Waals surface area contributed by atoms with Gasteiger partial charge in [-0.3, -0.25) is 9.59 Å². The molecule has 0 radical (unpaired) electrons. The number of aromatic nitrogens is 1. The molecule has 0 saturated heterocycles. The summed E-state index contributed by atoms with van der Waals surface area (Å²) in [4.78, 5) is 27.6. The highest BCUT2D eigenvalue weighted by Crippen LogP contribution is 2.24. The van der Waals surface area contributed by atoms with Gasteiger partial charge in [0, 0.05) is 17.6 Å². The molecule has 1 heterocycles. The lowest BCUT2D eigenvalue weighted by Gasteiger charge is -2.14. The first-order chi connectivity index (χ1) is 12.9. The normalized spacial score (nSPS) is 12.1. The third kappa shape index (κ3) is 4.03. The fourth-order valence-corrected chi connectivity index (χ4v) is 3.35. The van der Waals surface area contributed by atoms with Crippen LogP contribution >= 0.6 is 0 Å². The Bertz CT molecular complexity index is 1000. The van der Waals surface area contributed by atoms with Gasteiger partial charge >= 0.3 is 5.97 Å². The van der Waals surface area contributed by atoms with Crippen molar-refractivity contribution in [3.63, 3.8) is 0 Å². The van der Waals surface area contributed by atoms with Gasteiger partial charge in [-0.1, -0.05) is 42.0 Å². The summed E-state index contributed by atoms with van der Waals surface area (Å²) in [5, 5.41) is 13.3. The molecule has 3 aromatic rings. The third-order valence-corrected chi connectivity index (χ3v) is 5.01. The quantitative estimate of drug-likeness (QED) is 0.623. The molecule has 0 aliphatic rings. The van der Waals surface area contributed by atoms with Crippen molar-refractivity contribution in [3.8, 4) is 0 Å². The van der Waals surface area contributed by atoms with E-state index in [1.165, 1.54) is 0 Å². The summed E-state index contributed by atoms with van der Waals surface area (Å²) >= 11 is 0. The standard InChI is InChI=1S/C22H24N2O3/c1-13-6-4-7-16(10-13)11-17(22(26)27)12-23-21(25)19-9-5-8-18-14(2)15(3)24-20(18)19/h4-10,17,24H,11-12H2,1-3H3,(H,23,25)(H,26,27)/t17-/m1/s1. The van der Waals surface area contributed by atoms with E-state index < -0.39 is 11.9 Å². The number of hydrogen-bond donors (Lipinski definition) is 3. The lowest BCUT2D eigenvalue weighted by atomic mass is 9.98. The molecule has 2 aromatic carbocycles. The first-order valence-corrected chi connectivity index (χ1v) is 9.01. The van der Waals surface area contributed by atoms with Crippen LogP contribution in [0.5, 0.6) is 0 Å².